The topological polar surface area (TPSA) is 12.0 Å². The molecule has 1 N–H and O–H groups in total. The maximum Gasteiger partial charge on any atom is 0.0302 e. The number of hydrogen-bond donors (Lipinski definition) is 1. The molecular formula is C12H19NS. The van der Waals surface area contributed by atoms with Crippen LogP contribution in [0.3, 0.4) is 0 Å². The molecule has 78 valence electrons. The minimum Gasteiger partial charge on any atom is -0.308 e. The zero-order valence-electron chi connectivity index (χ0n) is 9.10. The van der Waals surface area contributed by atoms with Gasteiger partial charge < -0.3 is 5.32 Å². The van der Waals surface area contributed by atoms with Crippen molar-refractivity contribution in [2.45, 2.75) is 33.2 Å². The molecule has 14 heavy (non-hydrogen) atoms. The Morgan fingerprint density at radius 2 is 2.07 bits per heavy atom. The summed E-state index contributed by atoms with van der Waals surface area (Å²) in [5.74, 6) is 0. The van der Waals surface area contributed by atoms with Gasteiger partial charge in [0.2, 0.25) is 0 Å². The summed E-state index contributed by atoms with van der Waals surface area (Å²) in [5, 5.41) is 3.40. The molecule has 0 amide bonds. The fraction of sp³-hybridized carbons (Fsp3) is 0.500. The van der Waals surface area contributed by atoms with Gasteiger partial charge in [-0.25, -0.2) is 0 Å². The highest BCUT2D eigenvalue weighted by atomic mass is 32.1. The Bertz CT molecular complexity index is 288. The average Bonchev–Trinajstić information content (AvgIpc) is 2.65. The molecule has 1 nitrogen and oxygen atoms in total. The van der Waals surface area contributed by atoms with Crippen molar-refractivity contribution in [2.75, 3.05) is 6.54 Å². The highest BCUT2D eigenvalue weighted by Crippen LogP contribution is 2.16. The predicted octanol–water partition coefficient (Wildman–Crippen LogP) is 3.37. The van der Waals surface area contributed by atoms with Gasteiger partial charge in [0.15, 0.2) is 0 Å². The molecule has 0 saturated heterocycles. The summed E-state index contributed by atoms with van der Waals surface area (Å²) in [6.45, 7) is 10.2. The molecule has 1 aromatic rings. The van der Waals surface area contributed by atoms with Crippen molar-refractivity contribution in [1.29, 1.82) is 0 Å². The molecule has 0 fully saturated rings. The molecule has 1 heterocycles. The molecule has 1 aromatic heterocycles. The molecule has 0 bridgehead atoms. The monoisotopic (exact) mass is 209 g/mol. The predicted molar refractivity (Wildman–Crippen MR) is 64.8 cm³/mol. The van der Waals surface area contributed by atoms with E-state index in [2.05, 4.69) is 37.9 Å². The van der Waals surface area contributed by atoms with Gasteiger partial charge in [-0.2, -0.15) is 0 Å². The molecule has 2 heteroatoms. The van der Waals surface area contributed by atoms with Crippen LogP contribution < -0.4 is 5.32 Å². The largest absolute Gasteiger partial charge is 0.308 e. The van der Waals surface area contributed by atoms with Gasteiger partial charge >= 0.3 is 0 Å². The van der Waals surface area contributed by atoms with Crippen LogP contribution in [-0.2, 0) is 13.0 Å². The highest BCUT2D eigenvalue weighted by molar-refractivity contribution is 7.11. The van der Waals surface area contributed by atoms with Crippen molar-refractivity contribution in [1.82, 2.24) is 5.32 Å². The zero-order valence-corrected chi connectivity index (χ0v) is 9.91. The van der Waals surface area contributed by atoms with E-state index in [1.165, 1.54) is 15.3 Å². The second kappa shape index (κ2) is 5.99. The summed E-state index contributed by atoms with van der Waals surface area (Å²) in [6, 6.07) is 4.43. The van der Waals surface area contributed by atoms with Crippen LogP contribution in [0.5, 0.6) is 0 Å². The first kappa shape index (κ1) is 11.5. The first-order valence-corrected chi connectivity index (χ1v) is 6.02. The Hall–Kier alpha value is -0.600. The Balaban J connectivity index is 2.27. The van der Waals surface area contributed by atoms with Gasteiger partial charge in [0.1, 0.15) is 0 Å². The molecule has 0 aliphatic rings. The molecule has 0 aliphatic carbocycles. The highest BCUT2D eigenvalue weighted by Gasteiger charge is 1.97. The van der Waals surface area contributed by atoms with Crippen LogP contribution in [-0.4, -0.2) is 6.54 Å². The van der Waals surface area contributed by atoms with Gasteiger partial charge in [0.25, 0.3) is 0 Å². The van der Waals surface area contributed by atoms with E-state index in [-0.39, 0.29) is 0 Å². The third kappa shape index (κ3) is 3.64. The van der Waals surface area contributed by atoms with Gasteiger partial charge in [-0.05, 0) is 25.0 Å². The first-order valence-electron chi connectivity index (χ1n) is 5.21. The Morgan fingerprint density at radius 3 is 2.64 bits per heavy atom. The van der Waals surface area contributed by atoms with E-state index >= 15 is 0 Å². The van der Waals surface area contributed by atoms with E-state index in [9.17, 15) is 0 Å². The van der Waals surface area contributed by atoms with E-state index in [0.29, 0.717) is 0 Å². The maximum absolute atomic E-state index is 3.97. The van der Waals surface area contributed by atoms with Crippen LogP contribution in [0.4, 0.5) is 0 Å². The number of hydrogen-bond acceptors (Lipinski definition) is 2. The Kier molecular flexibility index (Phi) is 4.91. The van der Waals surface area contributed by atoms with E-state index < -0.39 is 0 Å². The molecule has 0 aromatic carbocycles. The van der Waals surface area contributed by atoms with Crippen molar-refractivity contribution < 1.29 is 0 Å². The lowest BCUT2D eigenvalue weighted by Gasteiger charge is -2.03. The summed E-state index contributed by atoms with van der Waals surface area (Å²) >= 11 is 1.90. The van der Waals surface area contributed by atoms with Gasteiger partial charge in [-0.1, -0.05) is 26.0 Å². The second-order valence-corrected chi connectivity index (χ2v) is 4.68. The minimum atomic E-state index is 0.940. The van der Waals surface area contributed by atoms with Crippen molar-refractivity contribution in [3.05, 3.63) is 34.0 Å². The fourth-order valence-electron chi connectivity index (χ4n) is 1.19. The van der Waals surface area contributed by atoms with E-state index in [0.717, 1.165) is 25.9 Å². The Labute approximate surface area is 90.9 Å². The van der Waals surface area contributed by atoms with Crippen LogP contribution in [0.25, 0.3) is 0 Å². The van der Waals surface area contributed by atoms with E-state index in [4.69, 9.17) is 0 Å². The smallest absolute Gasteiger partial charge is 0.0302 e. The molecule has 0 aliphatic heterocycles. The first-order chi connectivity index (χ1) is 6.76. The third-order valence-corrected chi connectivity index (χ3v) is 3.47. The van der Waals surface area contributed by atoms with Crippen LogP contribution in [0.15, 0.2) is 24.3 Å². The third-order valence-electron chi connectivity index (χ3n) is 2.24. The van der Waals surface area contributed by atoms with Crippen molar-refractivity contribution in [3.63, 3.8) is 0 Å². The lowest BCUT2D eigenvalue weighted by Crippen LogP contribution is -2.15. The lowest BCUT2D eigenvalue weighted by atomic mass is 10.2. The van der Waals surface area contributed by atoms with Crippen molar-refractivity contribution in [2.24, 2.45) is 0 Å². The van der Waals surface area contributed by atoms with Crippen LogP contribution in [0.1, 0.15) is 30.0 Å². The van der Waals surface area contributed by atoms with Gasteiger partial charge in [-0.15, -0.1) is 11.3 Å². The number of nitrogens with one attached hydrogen (secondary N) is 1. The van der Waals surface area contributed by atoms with Gasteiger partial charge in [-0.3, -0.25) is 0 Å². The Morgan fingerprint density at radius 1 is 1.36 bits per heavy atom. The molecule has 0 saturated carbocycles. The summed E-state index contributed by atoms with van der Waals surface area (Å²) < 4.78 is 0. The SMILES string of the molecule is C=C(CC)CNCc1ccc(CC)s1. The van der Waals surface area contributed by atoms with Gasteiger partial charge in [0, 0.05) is 22.8 Å². The quantitative estimate of drug-likeness (QED) is 0.708. The molecule has 0 spiro atoms. The number of thiophene rings is 1. The van der Waals surface area contributed by atoms with Crippen LogP contribution in [0.2, 0.25) is 0 Å². The normalized spacial score (nSPS) is 10.4. The standard InChI is InChI=1S/C12H19NS/c1-4-10(3)8-13-9-12-7-6-11(5-2)14-12/h6-7,13H,3-5,8-9H2,1-2H3. The van der Waals surface area contributed by atoms with Crippen LogP contribution >= 0.6 is 11.3 Å². The van der Waals surface area contributed by atoms with Crippen LogP contribution in [0, 0.1) is 0 Å². The van der Waals surface area contributed by atoms with E-state index in [1.807, 2.05) is 11.3 Å². The van der Waals surface area contributed by atoms with Crippen molar-refractivity contribution in [3.8, 4) is 0 Å². The van der Waals surface area contributed by atoms with Crippen molar-refractivity contribution >= 4 is 11.3 Å². The molecule has 1 rings (SSSR count). The number of aryl methyl sites for hydroxylation is 1. The molecular weight excluding hydrogens is 190 g/mol. The second-order valence-electron chi connectivity index (χ2n) is 3.43. The van der Waals surface area contributed by atoms with E-state index in [1.54, 1.807) is 0 Å². The molecule has 0 atom stereocenters. The number of rotatable bonds is 6. The summed E-state index contributed by atoms with van der Waals surface area (Å²) in [7, 11) is 0. The molecule has 0 unspecified atom stereocenters. The zero-order chi connectivity index (χ0) is 10.4. The fourth-order valence-corrected chi connectivity index (χ4v) is 2.12. The summed E-state index contributed by atoms with van der Waals surface area (Å²) in [6.07, 6.45) is 2.21. The average molecular weight is 209 g/mol. The minimum absolute atomic E-state index is 0.940. The molecule has 0 radical (unpaired) electrons. The summed E-state index contributed by atoms with van der Waals surface area (Å²) in [5.41, 5.74) is 1.28. The maximum atomic E-state index is 3.97. The summed E-state index contributed by atoms with van der Waals surface area (Å²) in [4.78, 5) is 2.89. The van der Waals surface area contributed by atoms with Gasteiger partial charge in [0.05, 0.1) is 0 Å². The lowest BCUT2D eigenvalue weighted by molar-refractivity contribution is 0.735.